The lowest BCUT2D eigenvalue weighted by Crippen LogP contribution is -2.24. The fourth-order valence-corrected chi connectivity index (χ4v) is 2.65. The first-order valence-corrected chi connectivity index (χ1v) is 7.45. The molecular formula is C17H15ClN2O2. The normalized spacial score (nSPS) is 13.2. The number of rotatable bonds is 3. The van der Waals surface area contributed by atoms with Crippen molar-refractivity contribution in [2.45, 2.75) is 19.4 Å². The number of carbonyl (C=O) groups excluding carboxylic acids is 2. The van der Waals surface area contributed by atoms with Crippen LogP contribution in [0.25, 0.3) is 0 Å². The largest absolute Gasteiger partial charge is 0.348 e. The molecule has 2 aromatic carbocycles. The van der Waals surface area contributed by atoms with Crippen LogP contribution in [-0.4, -0.2) is 11.8 Å². The Bertz CT molecular complexity index is 743. The Morgan fingerprint density at radius 3 is 2.82 bits per heavy atom. The number of fused-ring (bicyclic) bond motifs is 1. The minimum absolute atomic E-state index is 0.0171. The van der Waals surface area contributed by atoms with E-state index in [0.717, 1.165) is 16.8 Å². The van der Waals surface area contributed by atoms with E-state index in [-0.39, 0.29) is 11.8 Å². The van der Waals surface area contributed by atoms with Gasteiger partial charge in [0, 0.05) is 29.2 Å². The third kappa shape index (κ3) is 3.12. The molecule has 0 fully saturated rings. The van der Waals surface area contributed by atoms with Gasteiger partial charge < -0.3 is 10.6 Å². The minimum Gasteiger partial charge on any atom is -0.348 e. The molecule has 0 atom stereocenters. The molecule has 0 aliphatic carbocycles. The quantitative estimate of drug-likeness (QED) is 0.914. The van der Waals surface area contributed by atoms with Crippen LogP contribution < -0.4 is 10.6 Å². The van der Waals surface area contributed by atoms with Gasteiger partial charge in [-0.1, -0.05) is 29.8 Å². The second kappa shape index (κ2) is 6.20. The number of benzene rings is 2. The maximum Gasteiger partial charge on any atom is 0.251 e. The molecule has 5 heteroatoms. The summed E-state index contributed by atoms with van der Waals surface area (Å²) in [6, 6.07) is 12.7. The molecule has 0 aromatic heterocycles. The summed E-state index contributed by atoms with van der Waals surface area (Å²) in [5, 5.41) is 6.30. The summed E-state index contributed by atoms with van der Waals surface area (Å²) in [6.07, 6.45) is 1.12. The summed E-state index contributed by atoms with van der Waals surface area (Å²) in [5.74, 6) is -0.136. The molecule has 1 heterocycles. The van der Waals surface area contributed by atoms with Gasteiger partial charge in [0.05, 0.1) is 0 Å². The lowest BCUT2D eigenvalue weighted by Gasteiger charge is -2.17. The topological polar surface area (TPSA) is 58.2 Å². The van der Waals surface area contributed by atoms with Crippen molar-refractivity contribution < 1.29 is 9.59 Å². The molecule has 0 unspecified atom stereocenters. The zero-order valence-corrected chi connectivity index (χ0v) is 12.6. The second-order valence-corrected chi connectivity index (χ2v) is 5.60. The van der Waals surface area contributed by atoms with Crippen LogP contribution in [0.1, 0.15) is 27.9 Å². The summed E-state index contributed by atoms with van der Waals surface area (Å²) in [7, 11) is 0. The Hall–Kier alpha value is -2.33. The van der Waals surface area contributed by atoms with Crippen LogP contribution in [0.3, 0.4) is 0 Å². The Morgan fingerprint density at radius 2 is 2.00 bits per heavy atom. The Balaban J connectivity index is 1.70. The monoisotopic (exact) mass is 314 g/mol. The van der Waals surface area contributed by atoms with Crippen LogP contribution in [0.2, 0.25) is 5.02 Å². The van der Waals surface area contributed by atoms with Crippen LogP contribution in [0, 0.1) is 0 Å². The molecule has 1 aliphatic rings. The van der Waals surface area contributed by atoms with Gasteiger partial charge in [-0.3, -0.25) is 9.59 Å². The van der Waals surface area contributed by atoms with E-state index in [4.69, 9.17) is 11.6 Å². The molecule has 2 aromatic rings. The molecule has 1 aliphatic heterocycles. The van der Waals surface area contributed by atoms with E-state index >= 15 is 0 Å². The first-order valence-electron chi connectivity index (χ1n) is 7.08. The van der Waals surface area contributed by atoms with Crippen molar-refractivity contribution in [2.24, 2.45) is 0 Å². The van der Waals surface area contributed by atoms with Gasteiger partial charge in [0.15, 0.2) is 0 Å². The second-order valence-electron chi connectivity index (χ2n) is 5.19. The van der Waals surface area contributed by atoms with E-state index in [0.29, 0.717) is 30.0 Å². The summed E-state index contributed by atoms with van der Waals surface area (Å²) in [5.41, 5.74) is 3.24. The van der Waals surface area contributed by atoms with Crippen LogP contribution in [0.15, 0.2) is 42.5 Å². The zero-order chi connectivity index (χ0) is 15.5. The smallest absolute Gasteiger partial charge is 0.251 e. The predicted molar refractivity (Wildman–Crippen MR) is 86.0 cm³/mol. The summed E-state index contributed by atoms with van der Waals surface area (Å²) >= 11 is 6.07. The number of amides is 2. The summed E-state index contributed by atoms with van der Waals surface area (Å²) in [6.45, 7) is 0.381. The number of hydrogen-bond acceptors (Lipinski definition) is 2. The van der Waals surface area contributed by atoms with Crippen LogP contribution in [0.4, 0.5) is 5.69 Å². The highest BCUT2D eigenvalue weighted by molar-refractivity contribution is 6.31. The van der Waals surface area contributed by atoms with Crippen molar-refractivity contribution in [3.05, 3.63) is 64.2 Å². The molecule has 0 saturated heterocycles. The Labute approximate surface area is 133 Å². The molecule has 112 valence electrons. The lowest BCUT2D eigenvalue weighted by atomic mass is 10.00. The first-order chi connectivity index (χ1) is 10.6. The molecule has 22 heavy (non-hydrogen) atoms. The average molecular weight is 315 g/mol. The third-order valence-corrected chi connectivity index (χ3v) is 4.03. The van der Waals surface area contributed by atoms with E-state index in [1.807, 2.05) is 24.3 Å². The van der Waals surface area contributed by atoms with Gasteiger partial charge in [-0.2, -0.15) is 0 Å². The van der Waals surface area contributed by atoms with Crippen molar-refractivity contribution in [1.82, 2.24) is 5.32 Å². The molecule has 3 rings (SSSR count). The van der Waals surface area contributed by atoms with E-state index in [1.165, 1.54) is 0 Å². The van der Waals surface area contributed by atoms with Crippen molar-refractivity contribution in [3.8, 4) is 0 Å². The molecular weight excluding hydrogens is 300 g/mol. The maximum atomic E-state index is 12.2. The lowest BCUT2D eigenvalue weighted by molar-refractivity contribution is -0.116. The number of nitrogens with one attached hydrogen (secondary N) is 2. The summed E-state index contributed by atoms with van der Waals surface area (Å²) in [4.78, 5) is 23.6. The first kappa shape index (κ1) is 14.6. The highest BCUT2D eigenvalue weighted by Gasteiger charge is 2.16. The van der Waals surface area contributed by atoms with Gasteiger partial charge in [0.25, 0.3) is 5.91 Å². The third-order valence-electron chi connectivity index (χ3n) is 3.66. The minimum atomic E-state index is -0.153. The molecule has 0 bridgehead atoms. The number of carbonyl (C=O) groups is 2. The van der Waals surface area contributed by atoms with E-state index in [2.05, 4.69) is 10.6 Å². The summed E-state index contributed by atoms with van der Waals surface area (Å²) < 4.78 is 0. The van der Waals surface area contributed by atoms with Crippen LogP contribution in [0.5, 0.6) is 0 Å². The van der Waals surface area contributed by atoms with E-state index in [1.54, 1.807) is 18.2 Å². The Morgan fingerprint density at radius 1 is 1.18 bits per heavy atom. The molecule has 0 saturated carbocycles. The number of aryl methyl sites for hydroxylation is 1. The van der Waals surface area contributed by atoms with Crippen LogP contribution >= 0.6 is 11.6 Å². The predicted octanol–water partition coefficient (Wildman–Crippen LogP) is 3.15. The standard InChI is InChI=1S/C17H15ClN2O2/c18-14-4-2-1-3-13(14)10-19-17(22)12-5-7-15-11(9-12)6-8-16(21)20-15/h1-5,7,9H,6,8,10H2,(H,19,22)(H,20,21). The molecule has 2 amide bonds. The van der Waals surface area contributed by atoms with Crippen molar-refractivity contribution in [3.63, 3.8) is 0 Å². The van der Waals surface area contributed by atoms with Crippen LogP contribution in [-0.2, 0) is 17.8 Å². The molecule has 0 radical (unpaired) electrons. The molecule has 2 N–H and O–H groups in total. The van der Waals surface area contributed by atoms with Gasteiger partial charge in [-0.05, 0) is 41.8 Å². The SMILES string of the molecule is O=C1CCc2cc(C(=O)NCc3ccccc3Cl)ccc2N1. The average Bonchev–Trinajstić information content (AvgIpc) is 2.53. The van der Waals surface area contributed by atoms with Crippen molar-refractivity contribution in [2.75, 3.05) is 5.32 Å². The number of hydrogen-bond donors (Lipinski definition) is 2. The van der Waals surface area contributed by atoms with Gasteiger partial charge >= 0.3 is 0 Å². The van der Waals surface area contributed by atoms with Gasteiger partial charge in [-0.15, -0.1) is 0 Å². The number of anilines is 1. The fourth-order valence-electron chi connectivity index (χ4n) is 2.44. The highest BCUT2D eigenvalue weighted by atomic mass is 35.5. The molecule has 0 spiro atoms. The highest BCUT2D eigenvalue weighted by Crippen LogP contribution is 2.23. The Kier molecular flexibility index (Phi) is 4.11. The zero-order valence-electron chi connectivity index (χ0n) is 11.9. The van der Waals surface area contributed by atoms with E-state index in [9.17, 15) is 9.59 Å². The molecule has 4 nitrogen and oxygen atoms in total. The maximum absolute atomic E-state index is 12.2. The van der Waals surface area contributed by atoms with Gasteiger partial charge in [-0.25, -0.2) is 0 Å². The number of halogens is 1. The van der Waals surface area contributed by atoms with Gasteiger partial charge in [0.2, 0.25) is 5.91 Å². The van der Waals surface area contributed by atoms with Crippen molar-refractivity contribution >= 4 is 29.1 Å². The van der Waals surface area contributed by atoms with Crippen molar-refractivity contribution in [1.29, 1.82) is 0 Å². The van der Waals surface area contributed by atoms with Gasteiger partial charge in [0.1, 0.15) is 0 Å². The fraction of sp³-hybridized carbons (Fsp3) is 0.176. The van der Waals surface area contributed by atoms with E-state index < -0.39 is 0 Å².